The Kier molecular flexibility index (Phi) is 11.7. The number of thiophene rings is 1. The summed E-state index contributed by atoms with van der Waals surface area (Å²) in [5.74, 6) is 1.23. The van der Waals surface area contributed by atoms with E-state index < -0.39 is 0 Å². The summed E-state index contributed by atoms with van der Waals surface area (Å²) in [4.78, 5) is 17.0. The van der Waals surface area contributed by atoms with Gasteiger partial charge in [0.2, 0.25) is 0 Å². The van der Waals surface area contributed by atoms with E-state index in [-0.39, 0.29) is 47.9 Å². The van der Waals surface area contributed by atoms with Crippen molar-refractivity contribution >= 4 is 59.0 Å². The summed E-state index contributed by atoms with van der Waals surface area (Å²) in [7, 11) is 0. The maximum atomic E-state index is 12.2. The topological polar surface area (TPSA) is 63.3 Å². The zero-order valence-corrected chi connectivity index (χ0v) is 33.8. The number of furan rings is 1. The maximum absolute atomic E-state index is 12.2. The van der Waals surface area contributed by atoms with E-state index in [1.807, 2.05) is 54.7 Å². The van der Waals surface area contributed by atoms with Crippen molar-refractivity contribution in [3.63, 3.8) is 0 Å². The number of aromatic nitrogens is 1. The molecule has 0 fully saturated rings. The Morgan fingerprint density at radius 2 is 1.55 bits per heavy atom. The van der Waals surface area contributed by atoms with Crippen molar-refractivity contribution in [2.45, 2.75) is 100 Å². The van der Waals surface area contributed by atoms with Crippen LogP contribution >= 0.6 is 11.3 Å². The molecule has 0 amide bonds. The first kappa shape index (κ1) is 38.5. The number of benzene rings is 3. The van der Waals surface area contributed by atoms with Crippen molar-refractivity contribution < 1.29 is 34.4 Å². The molecule has 261 valence electrons. The molecule has 1 N–H and O–H groups in total. The molecule has 3 aromatic heterocycles. The van der Waals surface area contributed by atoms with Gasteiger partial charge >= 0.3 is 0 Å². The Morgan fingerprint density at radius 3 is 2.18 bits per heavy atom. The first-order valence-corrected chi connectivity index (χ1v) is 18.1. The molecule has 6 rings (SSSR count). The number of aryl methyl sites for hydroxylation is 1. The molecule has 0 atom stereocenters. The van der Waals surface area contributed by atoms with Gasteiger partial charge in [0.1, 0.15) is 11.5 Å². The molecule has 0 saturated carbocycles. The smallest absolute Gasteiger partial charge is 0.164 e. The fourth-order valence-corrected chi connectivity index (χ4v) is 7.46. The van der Waals surface area contributed by atoms with E-state index >= 15 is 0 Å². The van der Waals surface area contributed by atoms with E-state index in [1.165, 1.54) is 37.2 Å². The standard InChI is InChI=1S/C28H22NOS.C15H28O2.Ir/c1-16-13-18-9-10-21-24-23(31-27(21)26(18)30-16)11-12-29-25(24)19-14-17-7-5-6-8-20(17)22(15-19)28(2,3)4;1-7-14(5,8-2)12(16)11-13(17)15(6,9-3)10-4;/h5-13,15H,1-4H3;11,16H,7-10H2,1-6H3;/q-1;;/b;12-11-;. The summed E-state index contributed by atoms with van der Waals surface area (Å²) in [5, 5.41) is 16.1. The van der Waals surface area contributed by atoms with Gasteiger partial charge in [-0.25, -0.2) is 0 Å². The van der Waals surface area contributed by atoms with E-state index in [0.717, 1.165) is 59.1 Å². The largest absolute Gasteiger partial charge is 0.512 e. The minimum absolute atomic E-state index is 0. The van der Waals surface area contributed by atoms with Crippen LogP contribution in [0.15, 0.2) is 77.0 Å². The second kappa shape index (κ2) is 14.9. The normalized spacial score (nSPS) is 12.7. The van der Waals surface area contributed by atoms with Crippen molar-refractivity contribution in [1.82, 2.24) is 4.98 Å². The monoisotopic (exact) mass is 853 g/mol. The Hall–Kier alpha value is -3.31. The van der Waals surface area contributed by atoms with Gasteiger partial charge in [0.25, 0.3) is 0 Å². The van der Waals surface area contributed by atoms with Crippen LogP contribution < -0.4 is 0 Å². The molecular weight excluding hydrogens is 803 g/mol. The maximum Gasteiger partial charge on any atom is 0.164 e. The first-order chi connectivity index (χ1) is 22.7. The third-order valence-corrected chi connectivity index (χ3v) is 11.8. The number of aliphatic hydroxyl groups excluding tert-OH is 1. The van der Waals surface area contributed by atoms with E-state index in [9.17, 15) is 9.90 Å². The molecular formula is C43H50IrNO3S-. The van der Waals surface area contributed by atoms with Gasteiger partial charge in [-0.3, -0.25) is 9.78 Å². The van der Waals surface area contributed by atoms with Crippen molar-refractivity contribution in [2.24, 2.45) is 10.8 Å². The van der Waals surface area contributed by atoms with E-state index in [4.69, 9.17) is 9.40 Å². The van der Waals surface area contributed by atoms with E-state index in [0.29, 0.717) is 0 Å². The number of pyridine rings is 1. The van der Waals surface area contributed by atoms with Crippen LogP contribution in [0.25, 0.3) is 53.2 Å². The average molecular weight is 853 g/mol. The fraction of sp³-hybridized carbons (Fsp3) is 0.395. The molecule has 6 aromatic rings. The van der Waals surface area contributed by atoms with Gasteiger partial charge in [0, 0.05) is 59.0 Å². The number of allylic oxidation sites excluding steroid dienone is 2. The van der Waals surface area contributed by atoms with Gasteiger partial charge in [-0.15, -0.1) is 40.5 Å². The third-order valence-electron chi connectivity index (χ3n) is 10.6. The number of hydrogen-bond acceptors (Lipinski definition) is 5. The van der Waals surface area contributed by atoms with E-state index in [2.05, 4.69) is 81.4 Å². The molecule has 6 heteroatoms. The van der Waals surface area contributed by atoms with Crippen LogP contribution in [0.3, 0.4) is 0 Å². The molecule has 0 unspecified atom stereocenters. The van der Waals surface area contributed by atoms with Gasteiger partial charge in [0.05, 0.1) is 4.70 Å². The predicted octanol–water partition coefficient (Wildman–Crippen LogP) is 13.1. The number of hydrogen-bond donors (Lipinski definition) is 1. The number of carbonyl (C=O) groups is 1. The van der Waals surface area contributed by atoms with Crippen LogP contribution in [0, 0.1) is 23.8 Å². The first-order valence-electron chi connectivity index (χ1n) is 17.3. The molecule has 0 bridgehead atoms. The molecule has 1 radical (unpaired) electrons. The molecule has 0 aliphatic heterocycles. The van der Waals surface area contributed by atoms with E-state index in [1.54, 1.807) is 11.3 Å². The summed E-state index contributed by atoms with van der Waals surface area (Å²) < 4.78 is 8.47. The molecule has 0 saturated heterocycles. The van der Waals surface area contributed by atoms with Crippen LogP contribution in [0.5, 0.6) is 0 Å². The molecule has 0 aliphatic carbocycles. The Balaban J connectivity index is 0.000000260. The Bertz CT molecular complexity index is 2140. The SMILES string of the molecule is CCC(C)(CC)C(=O)/C=C(\O)C(C)(CC)CC.Cc1cc2ccc3c(sc4ccnc(-c5[c-]c6ccccc6c(C(C)(C)C)c5)c43)c2o1.[Ir]. The van der Waals surface area contributed by atoms with Gasteiger partial charge in [0.15, 0.2) is 11.4 Å². The van der Waals surface area contributed by atoms with Crippen molar-refractivity contribution in [2.75, 3.05) is 0 Å². The average Bonchev–Trinajstić information content (AvgIpc) is 3.66. The summed E-state index contributed by atoms with van der Waals surface area (Å²) in [6, 6.07) is 23.0. The van der Waals surface area contributed by atoms with Crippen molar-refractivity contribution in [3.05, 3.63) is 90.0 Å². The number of aliphatic hydroxyl groups is 1. The van der Waals surface area contributed by atoms with Crippen LogP contribution in [0.1, 0.15) is 99.3 Å². The van der Waals surface area contributed by atoms with Crippen LogP contribution in [-0.2, 0) is 30.3 Å². The predicted molar refractivity (Wildman–Crippen MR) is 205 cm³/mol. The van der Waals surface area contributed by atoms with Gasteiger partial charge < -0.3 is 9.52 Å². The molecule has 0 aliphatic rings. The van der Waals surface area contributed by atoms with Gasteiger partial charge in [-0.1, -0.05) is 104 Å². The zero-order valence-electron chi connectivity index (χ0n) is 30.6. The minimum Gasteiger partial charge on any atom is -0.512 e. The van der Waals surface area contributed by atoms with Crippen molar-refractivity contribution in [1.29, 1.82) is 0 Å². The van der Waals surface area contributed by atoms with Crippen LogP contribution in [0.4, 0.5) is 0 Å². The second-order valence-electron chi connectivity index (χ2n) is 14.7. The van der Waals surface area contributed by atoms with Crippen LogP contribution in [-0.4, -0.2) is 15.9 Å². The Labute approximate surface area is 309 Å². The number of fused-ring (bicyclic) bond motifs is 6. The molecule has 0 spiro atoms. The summed E-state index contributed by atoms with van der Waals surface area (Å²) in [5.41, 5.74) is 3.74. The minimum atomic E-state index is -0.337. The fourth-order valence-electron chi connectivity index (χ4n) is 6.27. The number of carbonyl (C=O) groups excluding carboxylic acids is 1. The summed E-state index contributed by atoms with van der Waals surface area (Å²) in [6.07, 6.45) is 6.67. The van der Waals surface area contributed by atoms with Crippen molar-refractivity contribution in [3.8, 4) is 11.3 Å². The van der Waals surface area contributed by atoms with Crippen LogP contribution in [0.2, 0.25) is 0 Å². The molecule has 3 heterocycles. The Morgan fingerprint density at radius 1 is 0.898 bits per heavy atom. The van der Waals surface area contributed by atoms with Gasteiger partial charge in [-0.2, -0.15) is 0 Å². The number of rotatable bonds is 8. The van der Waals surface area contributed by atoms with Gasteiger partial charge in [-0.05, 0) is 60.9 Å². The second-order valence-corrected chi connectivity index (χ2v) is 15.7. The quantitative estimate of drug-likeness (QED) is 0.0941. The molecule has 3 aromatic carbocycles. The number of ketones is 1. The molecule has 4 nitrogen and oxygen atoms in total. The summed E-state index contributed by atoms with van der Waals surface area (Å²) >= 11 is 1.78. The zero-order chi connectivity index (χ0) is 35.0. The number of nitrogens with zero attached hydrogens (tertiary/aromatic N) is 1. The summed E-state index contributed by atoms with van der Waals surface area (Å²) in [6.45, 7) is 20.9. The molecule has 49 heavy (non-hydrogen) atoms. The third kappa shape index (κ3) is 7.43.